The third kappa shape index (κ3) is 5.89. The van der Waals surface area contributed by atoms with Crippen LogP contribution in [0.3, 0.4) is 0 Å². The summed E-state index contributed by atoms with van der Waals surface area (Å²) in [6.07, 6.45) is 4.26. The Morgan fingerprint density at radius 1 is 0.963 bits per heavy atom. The number of rotatable bonds is 7. The molecule has 142 valence electrons. The number of carbonyl (C=O) groups is 1. The van der Waals surface area contributed by atoms with E-state index in [1.165, 1.54) is 50.0 Å². The molecule has 2 aromatic carbocycles. The first-order valence-corrected chi connectivity index (χ1v) is 8.95. The normalized spacial score (nSPS) is 12.2. The molecular weight excluding hydrogens is 370 g/mol. The van der Waals surface area contributed by atoms with E-state index in [0.29, 0.717) is 16.9 Å². The van der Waals surface area contributed by atoms with Crippen LogP contribution in [-0.4, -0.2) is 34.5 Å². The topological polar surface area (TPSA) is 105 Å². The number of carbonyl (C=O) groups excluding carboxylic acids is 1. The Hall–Kier alpha value is -3.26. The molecule has 1 atom stereocenters. The standard InChI is InChI=1S/C19H19NO6S/c1-25-17-11-13(3-6-15(17)21)5-8-19(23)20-27(24)10-9-14-4-7-16(22)18(12-14)26-2/h3-12,21-22H,1-2H3,(H,20,23). The Morgan fingerprint density at radius 2 is 1.48 bits per heavy atom. The van der Waals surface area contributed by atoms with Crippen LogP contribution in [0.15, 0.2) is 47.9 Å². The van der Waals surface area contributed by atoms with Crippen molar-refractivity contribution in [2.75, 3.05) is 14.2 Å². The van der Waals surface area contributed by atoms with E-state index in [4.69, 9.17) is 9.47 Å². The molecule has 0 radical (unpaired) electrons. The average molecular weight is 389 g/mol. The first-order valence-electron chi connectivity index (χ1n) is 7.74. The van der Waals surface area contributed by atoms with E-state index in [1.54, 1.807) is 24.3 Å². The number of aromatic hydroxyl groups is 2. The predicted octanol–water partition coefficient (Wildman–Crippen LogP) is 2.58. The van der Waals surface area contributed by atoms with Crippen LogP contribution in [0.25, 0.3) is 12.2 Å². The molecule has 8 heteroatoms. The maximum atomic E-state index is 11.9. The maximum Gasteiger partial charge on any atom is 0.255 e. The number of phenolic OH excluding ortho intramolecular Hbond substituents is 2. The summed E-state index contributed by atoms with van der Waals surface area (Å²) in [6.45, 7) is 0. The number of hydrogen-bond acceptors (Lipinski definition) is 6. The van der Waals surface area contributed by atoms with Gasteiger partial charge in [0.2, 0.25) is 0 Å². The van der Waals surface area contributed by atoms with Crippen LogP contribution in [0.4, 0.5) is 0 Å². The zero-order chi connectivity index (χ0) is 19.8. The number of methoxy groups -OCH3 is 2. The molecule has 1 unspecified atom stereocenters. The number of benzene rings is 2. The average Bonchev–Trinajstić information content (AvgIpc) is 2.66. The second-order valence-corrected chi connectivity index (χ2v) is 6.33. The quantitative estimate of drug-likeness (QED) is 0.629. The SMILES string of the molecule is COc1cc(C=CC(=O)NS(=O)C=Cc2ccc(O)c(OC)c2)ccc1O. The van der Waals surface area contributed by atoms with Gasteiger partial charge >= 0.3 is 0 Å². The molecule has 3 N–H and O–H groups in total. The van der Waals surface area contributed by atoms with Gasteiger partial charge in [0.1, 0.15) is 11.0 Å². The van der Waals surface area contributed by atoms with Crippen molar-refractivity contribution in [3.63, 3.8) is 0 Å². The zero-order valence-electron chi connectivity index (χ0n) is 14.7. The van der Waals surface area contributed by atoms with Gasteiger partial charge in [-0.15, -0.1) is 0 Å². The Balaban J connectivity index is 1.96. The highest BCUT2D eigenvalue weighted by molar-refractivity contribution is 7.86. The second kappa shape index (κ2) is 9.44. The molecular formula is C19H19NO6S. The van der Waals surface area contributed by atoms with Crippen molar-refractivity contribution in [1.29, 1.82) is 0 Å². The largest absolute Gasteiger partial charge is 0.504 e. The van der Waals surface area contributed by atoms with Gasteiger partial charge in [-0.1, -0.05) is 12.1 Å². The Bertz CT molecular complexity index is 834. The van der Waals surface area contributed by atoms with Crippen molar-refractivity contribution in [3.8, 4) is 23.0 Å². The van der Waals surface area contributed by atoms with E-state index < -0.39 is 16.9 Å². The van der Waals surface area contributed by atoms with Gasteiger partial charge in [0, 0.05) is 11.5 Å². The fourth-order valence-electron chi connectivity index (χ4n) is 2.08. The summed E-state index contributed by atoms with van der Waals surface area (Å²) in [5, 5.41) is 20.4. The van der Waals surface area contributed by atoms with Gasteiger partial charge in [-0.05, 0) is 47.5 Å². The van der Waals surface area contributed by atoms with Crippen LogP contribution in [-0.2, 0) is 15.8 Å². The molecule has 0 aliphatic heterocycles. The Kier molecular flexibility index (Phi) is 7.01. The van der Waals surface area contributed by atoms with Crippen LogP contribution in [0.2, 0.25) is 0 Å². The summed E-state index contributed by atoms with van der Waals surface area (Å²) in [4.78, 5) is 11.8. The fraction of sp³-hybridized carbons (Fsp3) is 0.105. The molecule has 0 bridgehead atoms. The lowest BCUT2D eigenvalue weighted by Crippen LogP contribution is -2.21. The zero-order valence-corrected chi connectivity index (χ0v) is 15.5. The molecule has 1 amide bonds. The molecule has 0 aliphatic carbocycles. The van der Waals surface area contributed by atoms with Crippen molar-refractivity contribution in [2.45, 2.75) is 0 Å². The van der Waals surface area contributed by atoms with Crippen LogP contribution >= 0.6 is 0 Å². The first-order chi connectivity index (χ1) is 12.9. The monoisotopic (exact) mass is 389 g/mol. The van der Waals surface area contributed by atoms with E-state index in [0.717, 1.165) is 0 Å². The van der Waals surface area contributed by atoms with Crippen molar-refractivity contribution in [1.82, 2.24) is 4.72 Å². The molecule has 0 aromatic heterocycles. The summed E-state index contributed by atoms with van der Waals surface area (Å²) in [6, 6.07) is 9.26. The summed E-state index contributed by atoms with van der Waals surface area (Å²) < 4.78 is 24.2. The Labute approximate surface area is 159 Å². The number of phenols is 2. The van der Waals surface area contributed by atoms with E-state index >= 15 is 0 Å². The Morgan fingerprint density at radius 3 is 2.00 bits per heavy atom. The van der Waals surface area contributed by atoms with Gasteiger partial charge < -0.3 is 19.7 Å². The van der Waals surface area contributed by atoms with Gasteiger partial charge in [-0.2, -0.15) is 0 Å². The van der Waals surface area contributed by atoms with E-state index in [9.17, 15) is 19.2 Å². The summed E-state index contributed by atoms with van der Waals surface area (Å²) in [5.41, 5.74) is 1.29. The van der Waals surface area contributed by atoms with Crippen molar-refractivity contribution >= 4 is 29.0 Å². The fourth-order valence-corrected chi connectivity index (χ4v) is 2.69. The molecule has 0 saturated carbocycles. The minimum Gasteiger partial charge on any atom is -0.504 e. The van der Waals surface area contributed by atoms with Crippen molar-refractivity contribution in [2.24, 2.45) is 0 Å². The number of amides is 1. The molecule has 27 heavy (non-hydrogen) atoms. The third-order valence-electron chi connectivity index (χ3n) is 3.42. The lowest BCUT2D eigenvalue weighted by Gasteiger charge is -2.04. The highest BCUT2D eigenvalue weighted by atomic mass is 32.2. The van der Waals surface area contributed by atoms with E-state index in [2.05, 4.69) is 4.72 Å². The minimum absolute atomic E-state index is 0.0000682. The molecule has 2 aromatic rings. The molecule has 7 nitrogen and oxygen atoms in total. The smallest absolute Gasteiger partial charge is 0.255 e. The summed E-state index contributed by atoms with van der Waals surface area (Å²) in [5.74, 6) is 0.0252. The molecule has 0 saturated heterocycles. The lowest BCUT2D eigenvalue weighted by atomic mass is 10.2. The van der Waals surface area contributed by atoms with Crippen molar-refractivity contribution in [3.05, 3.63) is 59.0 Å². The highest BCUT2D eigenvalue weighted by Gasteiger charge is 2.04. The van der Waals surface area contributed by atoms with Crippen LogP contribution in [0.5, 0.6) is 23.0 Å². The van der Waals surface area contributed by atoms with Crippen LogP contribution < -0.4 is 14.2 Å². The molecule has 2 rings (SSSR count). The molecule has 0 heterocycles. The van der Waals surface area contributed by atoms with E-state index in [-0.39, 0.29) is 17.2 Å². The third-order valence-corrected chi connectivity index (χ3v) is 4.21. The maximum absolute atomic E-state index is 11.9. The second-order valence-electron chi connectivity index (χ2n) is 5.26. The number of ether oxygens (including phenoxy) is 2. The predicted molar refractivity (Wildman–Crippen MR) is 104 cm³/mol. The van der Waals surface area contributed by atoms with Crippen molar-refractivity contribution < 1.29 is 28.7 Å². The summed E-state index contributed by atoms with van der Waals surface area (Å²) >= 11 is 0. The van der Waals surface area contributed by atoms with E-state index in [1.807, 2.05) is 0 Å². The lowest BCUT2D eigenvalue weighted by molar-refractivity contribution is -0.114. The molecule has 0 aliphatic rings. The minimum atomic E-state index is -1.73. The molecule has 0 fully saturated rings. The highest BCUT2D eigenvalue weighted by Crippen LogP contribution is 2.27. The van der Waals surface area contributed by atoms with Crippen LogP contribution in [0, 0.1) is 0 Å². The van der Waals surface area contributed by atoms with Gasteiger partial charge in [0.25, 0.3) is 5.91 Å². The van der Waals surface area contributed by atoms with Gasteiger partial charge in [-0.3, -0.25) is 9.52 Å². The summed E-state index contributed by atoms with van der Waals surface area (Å²) in [7, 11) is 1.12. The number of nitrogens with one attached hydrogen (secondary N) is 1. The number of hydrogen-bond donors (Lipinski definition) is 3. The van der Waals surface area contributed by atoms with Crippen LogP contribution in [0.1, 0.15) is 11.1 Å². The van der Waals surface area contributed by atoms with Gasteiger partial charge in [0.15, 0.2) is 23.0 Å². The van der Waals surface area contributed by atoms with Gasteiger partial charge in [-0.25, -0.2) is 4.21 Å². The first kappa shape index (κ1) is 20.1. The van der Waals surface area contributed by atoms with Gasteiger partial charge in [0.05, 0.1) is 14.2 Å². The molecule has 0 spiro atoms.